The minimum absolute atomic E-state index is 0.0273. The monoisotopic (exact) mass is 351 g/mol. The van der Waals surface area contributed by atoms with E-state index >= 15 is 0 Å². The molecule has 25 heavy (non-hydrogen) atoms. The lowest BCUT2D eigenvalue weighted by Gasteiger charge is -2.13. The van der Waals surface area contributed by atoms with Crippen LogP contribution in [0.1, 0.15) is 23.7 Å². The molecule has 0 unspecified atom stereocenters. The lowest BCUT2D eigenvalue weighted by molar-refractivity contribution is -0.154. The highest BCUT2D eigenvalue weighted by Gasteiger charge is 2.19. The van der Waals surface area contributed by atoms with E-state index < -0.39 is 29.9 Å². The van der Waals surface area contributed by atoms with Crippen LogP contribution >= 0.6 is 0 Å². The van der Waals surface area contributed by atoms with Gasteiger partial charge in [0.15, 0.2) is 6.10 Å². The van der Waals surface area contributed by atoms with E-state index in [1.807, 2.05) is 5.32 Å². The van der Waals surface area contributed by atoms with Gasteiger partial charge < -0.3 is 20.1 Å². The Labute approximate surface area is 145 Å². The molecule has 0 aromatic heterocycles. The van der Waals surface area contributed by atoms with Gasteiger partial charge >= 0.3 is 12.0 Å². The summed E-state index contributed by atoms with van der Waals surface area (Å²) in [6.07, 6.45) is -1.26. The molecular formula is C16H21N3O6. The predicted molar refractivity (Wildman–Crippen MR) is 88.1 cm³/mol. The van der Waals surface area contributed by atoms with Crippen molar-refractivity contribution in [2.45, 2.75) is 19.4 Å². The van der Waals surface area contributed by atoms with Gasteiger partial charge in [-0.1, -0.05) is 12.1 Å². The third-order valence-electron chi connectivity index (χ3n) is 3.11. The Balaban J connectivity index is 2.40. The van der Waals surface area contributed by atoms with Crippen molar-refractivity contribution < 1.29 is 28.7 Å². The Morgan fingerprint density at radius 1 is 1.16 bits per heavy atom. The van der Waals surface area contributed by atoms with Gasteiger partial charge in [-0.15, -0.1) is 0 Å². The first-order chi connectivity index (χ1) is 11.9. The number of carbonyl (C=O) groups excluding carboxylic acids is 4. The number of carbonyl (C=O) groups is 4. The van der Waals surface area contributed by atoms with Crippen LogP contribution in [0, 0.1) is 0 Å². The fraction of sp³-hybridized carbons (Fsp3) is 0.375. The average Bonchev–Trinajstić information content (AvgIpc) is 2.61. The zero-order chi connectivity index (χ0) is 18.8. The van der Waals surface area contributed by atoms with Crippen LogP contribution < -0.4 is 20.7 Å². The van der Waals surface area contributed by atoms with Gasteiger partial charge in [-0.25, -0.2) is 4.79 Å². The second kappa shape index (κ2) is 9.91. The number of urea groups is 1. The van der Waals surface area contributed by atoms with Crippen LogP contribution in [0.25, 0.3) is 0 Å². The molecule has 136 valence electrons. The third kappa shape index (κ3) is 6.50. The molecule has 1 aromatic carbocycles. The molecule has 0 aliphatic rings. The van der Waals surface area contributed by atoms with Gasteiger partial charge in [0.25, 0.3) is 11.8 Å². The standard InChI is InChI=1S/C16H21N3O6/c1-10(14(21)19-16(23)17-2)25-13(20)8-9-18-15(22)11-6-4-5-7-12(11)24-3/h4-7,10H,8-9H2,1-3H3,(H,18,22)(H2,17,19,21,23)/t10-/m0/s1. The van der Waals surface area contributed by atoms with Crippen molar-refractivity contribution in [3.8, 4) is 5.75 Å². The number of para-hydroxylation sites is 1. The fourth-order valence-corrected chi connectivity index (χ4v) is 1.79. The molecule has 0 bridgehead atoms. The molecule has 9 heteroatoms. The summed E-state index contributed by atoms with van der Waals surface area (Å²) < 4.78 is 9.97. The zero-order valence-corrected chi connectivity index (χ0v) is 14.3. The molecule has 1 aromatic rings. The van der Waals surface area contributed by atoms with Crippen molar-refractivity contribution in [3.63, 3.8) is 0 Å². The van der Waals surface area contributed by atoms with Gasteiger partial charge in [-0.2, -0.15) is 0 Å². The van der Waals surface area contributed by atoms with Gasteiger partial charge in [-0.3, -0.25) is 19.7 Å². The molecule has 0 saturated carbocycles. The SMILES string of the molecule is CNC(=O)NC(=O)[C@H](C)OC(=O)CCNC(=O)c1ccccc1OC. The van der Waals surface area contributed by atoms with Crippen molar-refractivity contribution >= 4 is 23.8 Å². The molecule has 0 saturated heterocycles. The number of benzene rings is 1. The molecule has 0 aliphatic carbocycles. The summed E-state index contributed by atoms with van der Waals surface area (Å²) in [5.41, 5.74) is 0.344. The highest BCUT2D eigenvalue weighted by Crippen LogP contribution is 2.16. The van der Waals surface area contributed by atoms with Crippen LogP contribution in [-0.4, -0.2) is 50.6 Å². The largest absolute Gasteiger partial charge is 0.496 e. The molecule has 0 fully saturated rings. The topological polar surface area (TPSA) is 123 Å². The quantitative estimate of drug-likeness (QED) is 0.603. The first-order valence-corrected chi connectivity index (χ1v) is 7.52. The molecular weight excluding hydrogens is 330 g/mol. The summed E-state index contributed by atoms with van der Waals surface area (Å²) >= 11 is 0. The summed E-state index contributed by atoms with van der Waals surface area (Å²) in [6.45, 7) is 1.36. The van der Waals surface area contributed by atoms with Crippen LogP contribution in [0.15, 0.2) is 24.3 Å². The number of hydrogen-bond acceptors (Lipinski definition) is 6. The van der Waals surface area contributed by atoms with Gasteiger partial charge in [-0.05, 0) is 19.1 Å². The predicted octanol–water partition coefficient (Wildman–Crippen LogP) is 0.202. The second-order valence-electron chi connectivity index (χ2n) is 4.91. The number of nitrogens with one attached hydrogen (secondary N) is 3. The van der Waals surface area contributed by atoms with Gasteiger partial charge in [0, 0.05) is 13.6 Å². The number of amides is 4. The molecule has 9 nitrogen and oxygen atoms in total. The zero-order valence-electron chi connectivity index (χ0n) is 14.3. The van der Waals surface area contributed by atoms with Gasteiger partial charge in [0.05, 0.1) is 19.1 Å². The van der Waals surface area contributed by atoms with Crippen molar-refractivity contribution in [1.29, 1.82) is 0 Å². The molecule has 0 spiro atoms. The number of hydrogen-bond donors (Lipinski definition) is 3. The minimum Gasteiger partial charge on any atom is -0.496 e. The molecule has 4 amide bonds. The average molecular weight is 351 g/mol. The number of methoxy groups -OCH3 is 1. The maximum absolute atomic E-state index is 12.0. The fourth-order valence-electron chi connectivity index (χ4n) is 1.79. The second-order valence-corrected chi connectivity index (χ2v) is 4.91. The van der Waals surface area contributed by atoms with Gasteiger partial charge in [0.2, 0.25) is 0 Å². The molecule has 3 N–H and O–H groups in total. The number of ether oxygens (including phenoxy) is 2. The maximum atomic E-state index is 12.0. The van der Waals surface area contributed by atoms with Crippen LogP contribution in [0.5, 0.6) is 5.75 Å². The maximum Gasteiger partial charge on any atom is 0.321 e. The normalized spacial score (nSPS) is 11.0. The van der Waals surface area contributed by atoms with E-state index in [-0.39, 0.29) is 13.0 Å². The Morgan fingerprint density at radius 2 is 1.84 bits per heavy atom. The van der Waals surface area contributed by atoms with Gasteiger partial charge in [0.1, 0.15) is 5.75 Å². The molecule has 0 aliphatic heterocycles. The number of esters is 1. The Kier molecular flexibility index (Phi) is 7.91. The Bertz CT molecular complexity index is 647. The smallest absolute Gasteiger partial charge is 0.321 e. The van der Waals surface area contributed by atoms with E-state index in [4.69, 9.17) is 9.47 Å². The van der Waals surface area contributed by atoms with Crippen LogP contribution in [0.3, 0.4) is 0 Å². The molecule has 0 radical (unpaired) electrons. The summed E-state index contributed by atoms with van der Waals surface area (Å²) in [7, 11) is 2.80. The van der Waals surface area contributed by atoms with Crippen LogP contribution in [0.4, 0.5) is 4.79 Å². The first kappa shape index (κ1) is 19.9. The summed E-state index contributed by atoms with van der Waals surface area (Å²) in [5, 5.41) is 6.76. The lowest BCUT2D eigenvalue weighted by atomic mass is 10.2. The highest BCUT2D eigenvalue weighted by atomic mass is 16.5. The van der Waals surface area contributed by atoms with E-state index in [2.05, 4.69) is 10.6 Å². The third-order valence-corrected chi connectivity index (χ3v) is 3.11. The number of imide groups is 1. The van der Waals surface area contributed by atoms with E-state index in [1.165, 1.54) is 21.1 Å². The first-order valence-electron chi connectivity index (χ1n) is 7.52. The van der Waals surface area contributed by atoms with E-state index in [1.54, 1.807) is 24.3 Å². The summed E-state index contributed by atoms with van der Waals surface area (Å²) in [4.78, 5) is 46.3. The molecule has 1 atom stereocenters. The summed E-state index contributed by atoms with van der Waals surface area (Å²) in [6, 6.07) is 5.97. The van der Waals surface area contributed by atoms with Crippen molar-refractivity contribution in [2.75, 3.05) is 20.7 Å². The Morgan fingerprint density at radius 3 is 2.48 bits per heavy atom. The lowest BCUT2D eigenvalue weighted by Crippen LogP contribution is -2.43. The summed E-state index contributed by atoms with van der Waals surface area (Å²) in [5.74, 6) is -1.40. The van der Waals surface area contributed by atoms with Crippen LogP contribution in [0.2, 0.25) is 0 Å². The Hall–Kier alpha value is -3.10. The number of rotatable bonds is 7. The molecule has 1 rings (SSSR count). The molecule has 0 heterocycles. The van der Waals surface area contributed by atoms with E-state index in [0.717, 1.165) is 0 Å². The minimum atomic E-state index is -1.13. The van der Waals surface area contributed by atoms with Crippen LogP contribution in [-0.2, 0) is 14.3 Å². The van der Waals surface area contributed by atoms with E-state index in [9.17, 15) is 19.2 Å². The van der Waals surface area contributed by atoms with E-state index in [0.29, 0.717) is 11.3 Å². The van der Waals surface area contributed by atoms with Crippen molar-refractivity contribution in [3.05, 3.63) is 29.8 Å². The van der Waals surface area contributed by atoms with Crippen molar-refractivity contribution in [2.24, 2.45) is 0 Å². The highest BCUT2D eigenvalue weighted by molar-refractivity contribution is 5.97. The van der Waals surface area contributed by atoms with Crippen molar-refractivity contribution in [1.82, 2.24) is 16.0 Å².